The monoisotopic (exact) mass is 277 g/mol. The van der Waals surface area contributed by atoms with Gasteiger partial charge in [-0.15, -0.1) is 0 Å². The summed E-state index contributed by atoms with van der Waals surface area (Å²) in [5, 5.41) is 2.94. The number of ether oxygens (including phenoxy) is 1. The fourth-order valence-electron chi connectivity index (χ4n) is 2.26. The molecule has 0 radical (unpaired) electrons. The number of rotatable bonds is 6. The number of morpholine rings is 1. The van der Waals surface area contributed by atoms with Gasteiger partial charge in [0.15, 0.2) is 0 Å². The molecule has 0 bridgehead atoms. The maximum Gasteiger partial charge on any atom is 0.224 e. The smallest absolute Gasteiger partial charge is 0.224 e. The van der Waals surface area contributed by atoms with E-state index in [1.165, 1.54) is 0 Å². The highest BCUT2D eigenvalue weighted by molar-refractivity contribution is 5.91. The van der Waals surface area contributed by atoms with Gasteiger partial charge in [0.2, 0.25) is 5.91 Å². The van der Waals surface area contributed by atoms with E-state index in [-0.39, 0.29) is 5.91 Å². The molecule has 1 aromatic rings. The summed E-state index contributed by atoms with van der Waals surface area (Å²) in [4.78, 5) is 14.1. The van der Waals surface area contributed by atoms with Crippen LogP contribution in [0.1, 0.15) is 19.3 Å². The lowest BCUT2D eigenvalue weighted by Gasteiger charge is -2.29. The maximum absolute atomic E-state index is 11.8. The highest BCUT2D eigenvalue weighted by atomic mass is 16.5. The Morgan fingerprint density at radius 3 is 2.85 bits per heavy atom. The molecule has 0 atom stereocenters. The van der Waals surface area contributed by atoms with Crippen LogP contribution in [0.2, 0.25) is 0 Å². The van der Waals surface area contributed by atoms with Gasteiger partial charge in [0.05, 0.1) is 13.2 Å². The van der Waals surface area contributed by atoms with Gasteiger partial charge in [-0.25, -0.2) is 0 Å². The van der Waals surface area contributed by atoms with Crippen molar-refractivity contribution in [3.63, 3.8) is 0 Å². The second-order valence-corrected chi connectivity index (χ2v) is 4.94. The molecule has 2 rings (SSSR count). The highest BCUT2D eigenvalue weighted by Gasteiger charge is 2.11. The number of carbonyl (C=O) groups excluding carboxylic acids is 1. The number of hydrogen-bond acceptors (Lipinski definition) is 4. The van der Waals surface area contributed by atoms with Crippen molar-refractivity contribution in [1.29, 1.82) is 0 Å². The quantitative estimate of drug-likeness (QED) is 0.775. The predicted octanol–water partition coefficient (Wildman–Crippen LogP) is 1.59. The van der Waals surface area contributed by atoms with Crippen molar-refractivity contribution in [2.24, 2.45) is 5.73 Å². The molecule has 20 heavy (non-hydrogen) atoms. The van der Waals surface area contributed by atoms with Gasteiger partial charge in [-0.3, -0.25) is 4.79 Å². The molecule has 110 valence electrons. The minimum absolute atomic E-state index is 0.0533. The number of amides is 1. The van der Waals surface area contributed by atoms with E-state index in [0.29, 0.717) is 13.0 Å². The zero-order valence-electron chi connectivity index (χ0n) is 11.8. The number of nitrogens with zero attached hydrogens (tertiary/aromatic N) is 1. The van der Waals surface area contributed by atoms with Crippen LogP contribution >= 0.6 is 0 Å². The molecule has 0 aromatic heterocycles. The Bertz CT molecular complexity index is 431. The third-order valence-electron chi connectivity index (χ3n) is 3.36. The fourth-order valence-corrected chi connectivity index (χ4v) is 2.26. The lowest BCUT2D eigenvalue weighted by atomic mass is 10.2. The first-order valence-electron chi connectivity index (χ1n) is 7.22. The zero-order valence-corrected chi connectivity index (χ0v) is 11.8. The van der Waals surface area contributed by atoms with Crippen LogP contribution in [0.15, 0.2) is 24.3 Å². The summed E-state index contributed by atoms with van der Waals surface area (Å²) in [6.07, 6.45) is 2.26. The van der Waals surface area contributed by atoms with E-state index in [1.807, 2.05) is 18.2 Å². The standard InChI is InChI=1S/C15H23N3O2/c16-7-2-1-6-15(19)17-13-4-3-5-14(12-13)18-8-10-20-11-9-18/h3-5,12H,1-2,6-11,16H2,(H,17,19). The second kappa shape index (κ2) is 7.87. The Labute approximate surface area is 120 Å². The summed E-state index contributed by atoms with van der Waals surface area (Å²) in [6.45, 7) is 3.95. The van der Waals surface area contributed by atoms with Crippen LogP contribution < -0.4 is 16.0 Å². The molecule has 1 amide bonds. The van der Waals surface area contributed by atoms with Crippen LogP contribution in [0.3, 0.4) is 0 Å². The molecule has 1 aromatic carbocycles. The van der Waals surface area contributed by atoms with E-state index in [2.05, 4.69) is 16.3 Å². The second-order valence-electron chi connectivity index (χ2n) is 4.94. The summed E-state index contributed by atoms with van der Waals surface area (Å²) in [6, 6.07) is 7.98. The Hall–Kier alpha value is -1.59. The van der Waals surface area contributed by atoms with Gasteiger partial charge in [0.25, 0.3) is 0 Å². The Morgan fingerprint density at radius 2 is 2.10 bits per heavy atom. The summed E-state index contributed by atoms with van der Waals surface area (Å²) in [5.74, 6) is 0.0533. The number of anilines is 2. The molecule has 0 unspecified atom stereocenters. The lowest BCUT2D eigenvalue weighted by molar-refractivity contribution is -0.116. The number of benzene rings is 1. The molecule has 0 spiro atoms. The van der Waals surface area contributed by atoms with Crippen LogP contribution in [0.5, 0.6) is 0 Å². The van der Waals surface area contributed by atoms with Gasteiger partial charge >= 0.3 is 0 Å². The van der Waals surface area contributed by atoms with Crippen molar-refractivity contribution >= 4 is 17.3 Å². The lowest BCUT2D eigenvalue weighted by Crippen LogP contribution is -2.36. The Morgan fingerprint density at radius 1 is 1.30 bits per heavy atom. The number of unbranched alkanes of at least 4 members (excludes halogenated alkanes) is 1. The third kappa shape index (κ3) is 4.51. The largest absolute Gasteiger partial charge is 0.378 e. The first kappa shape index (κ1) is 14.8. The normalized spacial score (nSPS) is 15.2. The fraction of sp³-hybridized carbons (Fsp3) is 0.533. The van der Waals surface area contributed by atoms with E-state index in [1.54, 1.807) is 0 Å². The van der Waals surface area contributed by atoms with Gasteiger partial charge < -0.3 is 20.7 Å². The summed E-state index contributed by atoms with van der Waals surface area (Å²) in [7, 11) is 0. The number of nitrogens with one attached hydrogen (secondary N) is 1. The molecule has 0 aliphatic carbocycles. The van der Waals surface area contributed by atoms with Gasteiger partial charge in [-0.2, -0.15) is 0 Å². The van der Waals surface area contributed by atoms with Crippen molar-refractivity contribution in [1.82, 2.24) is 0 Å². The first-order chi connectivity index (χ1) is 9.79. The Balaban J connectivity index is 1.90. The van der Waals surface area contributed by atoms with Crippen LogP contribution in [-0.4, -0.2) is 38.8 Å². The molecule has 0 saturated carbocycles. The average Bonchev–Trinajstić information content (AvgIpc) is 2.49. The van der Waals surface area contributed by atoms with Crippen LogP contribution in [0, 0.1) is 0 Å². The minimum atomic E-state index is 0.0533. The number of hydrogen-bond donors (Lipinski definition) is 2. The van der Waals surface area contributed by atoms with Crippen molar-refractivity contribution < 1.29 is 9.53 Å². The van der Waals surface area contributed by atoms with Crippen molar-refractivity contribution in [2.75, 3.05) is 43.1 Å². The third-order valence-corrected chi connectivity index (χ3v) is 3.36. The van der Waals surface area contributed by atoms with E-state index < -0.39 is 0 Å². The first-order valence-corrected chi connectivity index (χ1v) is 7.22. The summed E-state index contributed by atoms with van der Waals surface area (Å²) < 4.78 is 5.35. The molecule has 1 aliphatic heterocycles. The molecule has 1 saturated heterocycles. The van der Waals surface area contributed by atoms with E-state index in [4.69, 9.17) is 10.5 Å². The number of carbonyl (C=O) groups is 1. The summed E-state index contributed by atoms with van der Waals surface area (Å²) in [5.41, 5.74) is 7.41. The topological polar surface area (TPSA) is 67.6 Å². The molecular weight excluding hydrogens is 254 g/mol. The molecular formula is C15H23N3O2. The van der Waals surface area contributed by atoms with Crippen molar-refractivity contribution in [2.45, 2.75) is 19.3 Å². The van der Waals surface area contributed by atoms with E-state index in [9.17, 15) is 4.79 Å². The average molecular weight is 277 g/mol. The van der Waals surface area contributed by atoms with Crippen molar-refractivity contribution in [3.8, 4) is 0 Å². The van der Waals surface area contributed by atoms with Crippen LogP contribution in [-0.2, 0) is 9.53 Å². The highest BCUT2D eigenvalue weighted by Crippen LogP contribution is 2.20. The summed E-state index contributed by atoms with van der Waals surface area (Å²) >= 11 is 0. The molecule has 5 nitrogen and oxygen atoms in total. The SMILES string of the molecule is NCCCCC(=O)Nc1cccc(N2CCOCC2)c1. The Kier molecular flexibility index (Phi) is 5.83. The van der Waals surface area contributed by atoms with Gasteiger partial charge in [0.1, 0.15) is 0 Å². The maximum atomic E-state index is 11.8. The van der Waals surface area contributed by atoms with E-state index >= 15 is 0 Å². The molecule has 1 fully saturated rings. The molecule has 1 heterocycles. The van der Waals surface area contributed by atoms with Crippen molar-refractivity contribution in [3.05, 3.63) is 24.3 Å². The molecule has 3 N–H and O–H groups in total. The van der Waals surface area contributed by atoms with Crippen LogP contribution in [0.25, 0.3) is 0 Å². The number of nitrogens with two attached hydrogens (primary N) is 1. The zero-order chi connectivity index (χ0) is 14.2. The molecule has 1 aliphatic rings. The van der Waals surface area contributed by atoms with Gasteiger partial charge in [0, 0.05) is 30.9 Å². The van der Waals surface area contributed by atoms with Crippen LogP contribution in [0.4, 0.5) is 11.4 Å². The van der Waals surface area contributed by atoms with E-state index in [0.717, 1.165) is 50.5 Å². The van der Waals surface area contributed by atoms with Gasteiger partial charge in [-0.1, -0.05) is 6.07 Å². The minimum Gasteiger partial charge on any atom is -0.378 e. The predicted molar refractivity (Wildman–Crippen MR) is 81.0 cm³/mol. The molecule has 5 heteroatoms. The van der Waals surface area contributed by atoms with Gasteiger partial charge in [-0.05, 0) is 37.6 Å².